The topological polar surface area (TPSA) is 84.2 Å². The predicted octanol–water partition coefficient (Wildman–Crippen LogP) is 2.81. The van der Waals surface area contributed by atoms with Crippen molar-refractivity contribution in [3.63, 3.8) is 0 Å². The number of rotatable bonds is 7. The molecule has 0 aliphatic rings. The molecule has 128 valence electrons. The normalized spacial score (nSPS) is 10.6. The molecule has 0 spiro atoms. The summed E-state index contributed by atoms with van der Waals surface area (Å²) >= 11 is 0. The number of carbonyl (C=O) groups is 1. The number of carbonyl (C=O) groups excluding carboxylic acids is 1. The summed E-state index contributed by atoms with van der Waals surface area (Å²) < 4.78 is 5.17. The van der Waals surface area contributed by atoms with Crippen LogP contribution in [0, 0.1) is 0 Å². The van der Waals surface area contributed by atoms with Crippen LogP contribution < -0.4 is 16.3 Å². The average molecular weight is 337 g/mol. The smallest absolute Gasteiger partial charge is 0.349 e. The van der Waals surface area contributed by atoms with Gasteiger partial charge in [-0.25, -0.2) is 9.78 Å². The van der Waals surface area contributed by atoms with E-state index in [2.05, 4.69) is 15.6 Å². The van der Waals surface area contributed by atoms with E-state index in [0.717, 1.165) is 30.6 Å². The maximum absolute atomic E-state index is 12.2. The van der Waals surface area contributed by atoms with Crippen LogP contribution in [0.3, 0.4) is 0 Å². The lowest BCUT2D eigenvalue weighted by Gasteiger charge is -2.07. The number of hydrogen-bond acceptors (Lipinski definition) is 5. The molecule has 6 nitrogen and oxygen atoms in total. The zero-order valence-corrected chi connectivity index (χ0v) is 13.7. The first-order valence-corrected chi connectivity index (χ1v) is 8.20. The Morgan fingerprint density at radius 2 is 1.84 bits per heavy atom. The van der Waals surface area contributed by atoms with E-state index in [9.17, 15) is 9.59 Å². The van der Waals surface area contributed by atoms with Crippen molar-refractivity contribution in [1.29, 1.82) is 0 Å². The number of unbranched alkanes of at least 4 members (excludes halogenated alkanes) is 1. The minimum absolute atomic E-state index is 0.0327. The van der Waals surface area contributed by atoms with E-state index < -0.39 is 11.5 Å². The fraction of sp³-hybridized carbons (Fsp3) is 0.211. The van der Waals surface area contributed by atoms with Crippen molar-refractivity contribution in [3.05, 3.63) is 70.7 Å². The molecule has 0 radical (unpaired) electrons. The van der Waals surface area contributed by atoms with Gasteiger partial charge in [0, 0.05) is 24.7 Å². The van der Waals surface area contributed by atoms with E-state index >= 15 is 0 Å². The third-order valence-corrected chi connectivity index (χ3v) is 3.75. The number of pyridine rings is 1. The second kappa shape index (κ2) is 8.10. The third-order valence-electron chi connectivity index (χ3n) is 3.75. The van der Waals surface area contributed by atoms with Gasteiger partial charge in [0.1, 0.15) is 17.0 Å². The molecule has 2 heterocycles. The lowest BCUT2D eigenvalue weighted by atomic mass is 10.2. The largest absolute Gasteiger partial charge is 0.422 e. The molecule has 0 saturated heterocycles. The molecule has 0 fully saturated rings. The fourth-order valence-electron chi connectivity index (χ4n) is 2.45. The van der Waals surface area contributed by atoms with Gasteiger partial charge in [0.05, 0.1) is 0 Å². The number of nitrogens with one attached hydrogen (secondary N) is 2. The van der Waals surface area contributed by atoms with E-state index in [0.29, 0.717) is 12.1 Å². The van der Waals surface area contributed by atoms with Gasteiger partial charge in [-0.05, 0) is 37.1 Å². The van der Waals surface area contributed by atoms with Gasteiger partial charge in [-0.1, -0.05) is 24.3 Å². The molecular weight excluding hydrogens is 318 g/mol. The van der Waals surface area contributed by atoms with Crippen LogP contribution in [0.4, 0.5) is 5.82 Å². The molecule has 3 aromatic rings. The predicted molar refractivity (Wildman–Crippen MR) is 96.8 cm³/mol. The van der Waals surface area contributed by atoms with E-state index in [1.807, 2.05) is 24.3 Å². The maximum Gasteiger partial charge on any atom is 0.349 e. The lowest BCUT2D eigenvalue weighted by molar-refractivity contribution is 0.0949. The number of para-hydroxylation sites is 1. The second-order valence-electron chi connectivity index (χ2n) is 5.59. The van der Waals surface area contributed by atoms with Crippen LogP contribution in [0.25, 0.3) is 11.0 Å². The van der Waals surface area contributed by atoms with Gasteiger partial charge in [-0.3, -0.25) is 4.79 Å². The quantitative estimate of drug-likeness (QED) is 0.511. The molecule has 2 N–H and O–H groups in total. The molecule has 0 saturated carbocycles. The lowest BCUT2D eigenvalue weighted by Crippen LogP contribution is -2.29. The van der Waals surface area contributed by atoms with Crippen molar-refractivity contribution in [2.24, 2.45) is 0 Å². The summed E-state index contributed by atoms with van der Waals surface area (Å²) in [5.41, 5.74) is -0.108. The summed E-state index contributed by atoms with van der Waals surface area (Å²) in [6.07, 6.45) is 3.41. The molecule has 0 bridgehead atoms. The Morgan fingerprint density at radius 1 is 1.04 bits per heavy atom. The maximum atomic E-state index is 12.2. The number of aromatic nitrogens is 1. The Morgan fingerprint density at radius 3 is 2.68 bits per heavy atom. The van der Waals surface area contributed by atoms with Crippen LogP contribution in [0.2, 0.25) is 0 Å². The molecule has 3 rings (SSSR count). The molecule has 2 aromatic heterocycles. The monoisotopic (exact) mass is 337 g/mol. The van der Waals surface area contributed by atoms with Crippen LogP contribution >= 0.6 is 0 Å². The van der Waals surface area contributed by atoms with Crippen molar-refractivity contribution >= 4 is 22.7 Å². The fourth-order valence-corrected chi connectivity index (χ4v) is 2.45. The SMILES string of the molecule is O=C(NCCCCNc1ccccn1)c1cc2ccccc2oc1=O. The van der Waals surface area contributed by atoms with Gasteiger partial charge in [-0.15, -0.1) is 0 Å². The molecule has 0 aliphatic carbocycles. The van der Waals surface area contributed by atoms with E-state index in [4.69, 9.17) is 4.42 Å². The van der Waals surface area contributed by atoms with Crippen molar-refractivity contribution in [2.45, 2.75) is 12.8 Å². The number of nitrogens with zero attached hydrogens (tertiary/aromatic N) is 1. The molecule has 1 aromatic carbocycles. The number of amides is 1. The summed E-state index contributed by atoms with van der Waals surface area (Å²) in [6, 6.07) is 14.4. The summed E-state index contributed by atoms with van der Waals surface area (Å²) in [7, 11) is 0. The van der Waals surface area contributed by atoms with Gasteiger partial charge >= 0.3 is 5.63 Å². The van der Waals surface area contributed by atoms with Crippen molar-refractivity contribution in [2.75, 3.05) is 18.4 Å². The Kier molecular flexibility index (Phi) is 5.41. The Bertz CT molecular complexity index is 906. The molecule has 6 heteroatoms. The molecule has 1 amide bonds. The first-order valence-electron chi connectivity index (χ1n) is 8.20. The van der Waals surface area contributed by atoms with Crippen LogP contribution in [-0.2, 0) is 0 Å². The second-order valence-corrected chi connectivity index (χ2v) is 5.59. The summed E-state index contributed by atoms with van der Waals surface area (Å²) in [5, 5.41) is 6.69. The van der Waals surface area contributed by atoms with Crippen LogP contribution in [0.1, 0.15) is 23.2 Å². The van der Waals surface area contributed by atoms with Crippen molar-refractivity contribution in [3.8, 4) is 0 Å². The van der Waals surface area contributed by atoms with Gasteiger partial charge in [0.2, 0.25) is 0 Å². The number of anilines is 1. The van der Waals surface area contributed by atoms with E-state index in [-0.39, 0.29) is 5.56 Å². The third kappa shape index (κ3) is 4.44. The summed E-state index contributed by atoms with van der Waals surface area (Å²) in [6.45, 7) is 1.26. The Labute approximate surface area is 144 Å². The first-order chi connectivity index (χ1) is 12.2. The molecule has 0 atom stereocenters. The van der Waals surface area contributed by atoms with Gasteiger partial charge in [0.15, 0.2) is 0 Å². The average Bonchev–Trinajstić information content (AvgIpc) is 2.64. The van der Waals surface area contributed by atoms with Crippen LogP contribution in [0.15, 0.2) is 63.9 Å². The van der Waals surface area contributed by atoms with Crippen LogP contribution in [0.5, 0.6) is 0 Å². The summed E-state index contributed by atoms with van der Waals surface area (Å²) in [5.74, 6) is 0.428. The minimum atomic E-state index is -0.618. The highest BCUT2D eigenvalue weighted by molar-refractivity contribution is 5.96. The van der Waals surface area contributed by atoms with Gasteiger partial charge in [0.25, 0.3) is 5.91 Å². The molecule has 25 heavy (non-hydrogen) atoms. The number of fused-ring (bicyclic) bond motifs is 1. The molecule has 0 aliphatic heterocycles. The zero-order valence-electron chi connectivity index (χ0n) is 13.7. The highest BCUT2D eigenvalue weighted by Gasteiger charge is 2.12. The van der Waals surface area contributed by atoms with E-state index in [1.165, 1.54) is 0 Å². The van der Waals surface area contributed by atoms with Gasteiger partial charge in [-0.2, -0.15) is 0 Å². The molecular formula is C19H19N3O3. The van der Waals surface area contributed by atoms with Gasteiger partial charge < -0.3 is 15.1 Å². The van der Waals surface area contributed by atoms with Crippen molar-refractivity contribution in [1.82, 2.24) is 10.3 Å². The number of benzene rings is 1. The Hall–Kier alpha value is -3.15. The highest BCUT2D eigenvalue weighted by Crippen LogP contribution is 2.12. The standard InChI is InChI=1S/C19H19N3O3/c23-18(15-13-14-7-1-2-8-16(14)25-19(15)24)22-12-6-5-11-21-17-9-3-4-10-20-17/h1-4,7-10,13H,5-6,11-12H2,(H,20,21)(H,22,23). The zero-order chi connectivity index (χ0) is 17.5. The number of hydrogen-bond donors (Lipinski definition) is 2. The first kappa shape index (κ1) is 16.7. The Balaban J connectivity index is 1.46. The minimum Gasteiger partial charge on any atom is -0.422 e. The highest BCUT2D eigenvalue weighted by atomic mass is 16.4. The molecule has 0 unspecified atom stereocenters. The van der Waals surface area contributed by atoms with E-state index in [1.54, 1.807) is 30.5 Å². The van der Waals surface area contributed by atoms with Crippen molar-refractivity contribution < 1.29 is 9.21 Å². The van der Waals surface area contributed by atoms with Crippen LogP contribution in [-0.4, -0.2) is 24.0 Å². The summed E-state index contributed by atoms with van der Waals surface area (Å²) in [4.78, 5) is 28.3.